The Hall–Kier alpha value is -2.19. The van der Waals surface area contributed by atoms with Gasteiger partial charge in [0.1, 0.15) is 0 Å². The molecule has 0 aliphatic heterocycles. The largest absolute Gasteiger partial charge is 0.388 e. The zero-order chi connectivity index (χ0) is 14.7. The first-order valence-electron chi connectivity index (χ1n) is 7.37. The monoisotopic (exact) mass is 277 g/mol. The van der Waals surface area contributed by atoms with E-state index in [1.807, 2.05) is 30.3 Å². The molecule has 1 atom stereocenters. The van der Waals surface area contributed by atoms with E-state index in [0.29, 0.717) is 6.42 Å². The minimum Gasteiger partial charge on any atom is -0.388 e. The van der Waals surface area contributed by atoms with E-state index >= 15 is 0 Å². The lowest BCUT2D eigenvalue weighted by Crippen LogP contribution is -2.02. The molecule has 2 heteroatoms. The van der Waals surface area contributed by atoms with E-state index in [1.54, 1.807) is 6.20 Å². The standard InChI is InChI=1S/C19H19NO/c1-2-14-5-7-15(8-6-14)12-19(21)17-9-10-18-16(13-17)4-3-11-20-18/h3-11,13,19,21H,2,12H2,1H3. The van der Waals surface area contributed by atoms with Crippen LogP contribution in [-0.4, -0.2) is 10.1 Å². The highest BCUT2D eigenvalue weighted by Crippen LogP contribution is 2.22. The Morgan fingerprint density at radius 1 is 1.00 bits per heavy atom. The van der Waals surface area contributed by atoms with Crippen LogP contribution in [0, 0.1) is 0 Å². The fraction of sp³-hybridized carbons (Fsp3) is 0.211. The molecular weight excluding hydrogens is 258 g/mol. The smallest absolute Gasteiger partial charge is 0.0830 e. The average Bonchev–Trinajstić information content (AvgIpc) is 2.55. The van der Waals surface area contributed by atoms with Gasteiger partial charge in [-0.25, -0.2) is 0 Å². The summed E-state index contributed by atoms with van der Waals surface area (Å²) in [7, 11) is 0. The summed E-state index contributed by atoms with van der Waals surface area (Å²) in [6.45, 7) is 2.15. The summed E-state index contributed by atoms with van der Waals surface area (Å²) in [6.07, 6.45) is 2.98. The lowest BCUT2D eigenvalue weighted by Gasteiger charge is -2.12. The highest BCUT2D eigenvalue weighted by molar-refractivity contribution is 5.79. The SMILES string of the molecule is CCc1ccc(CC(O)c2ccc3ncccc3c2)cc1. The zero-order valence-corrected chi connectivity index (χ0v) is 12.2. The van der Waals surface area contributed by atoms with Crippen LogP contribution in [0.1, 0.15) is 29.7 Å². The highest BCUT2D eigenvalue weighted by atomic mass is 16.3. The molecule has 21 heavy (non-hydrogen) atoms. The maximum absolute atomic E-state index is 10.4. The lowest BCUT2D eigenvalue weighted by molar-refractivity contribution is 0.178. The van der Waals surface area contributed by atoms with E-state index in [2.05, 4.69) is 36.2 Å². The van der Waals surface area contributed by atoms with Gasteiger partial charge in [-0.2, -0.15) is 0 Å². The summed E-state index contributed by atoms with van der Waals surface area (Å²) in [4.78, 5) is 4.30. The Morgan fingerprint density at radius 3 is 2.52 bits per heavy atom. The second-order valence-corrected chi connectivity index (χ2v) is 5.35. The van der Waals surface area contributed by atoms with Crippen LogP contribution in [0.4, 0.5) is 0 Å². The van der Waals surface area contributed by atoms with E-state index in [9.17, 15) is 5.11 Å². The van der Waals surface area contributed by atoms with Gasteiger partial charge < -0.3 is 5.11 Å². The van der Waals surface area contributed by atoms with Crippen LogP contribution in [0.25, 0.3) is 10.9 Å². The molecule has 1 aromatic heterocycles. The Labute approximate surface area is 125 Å². The zero-order valence-electron chi connectivity index (χ0n) is 12.2. The van der Waals surface area contributed by atoms with Crippen molar-refractivity contribution in [2.75, 3.05) is 0 Å². The molecule has 1 unspecified atom stereocenters. The van der Waals surface area contributed by atoms with Gasteiger partial charge in [0.25, 0.3) is 0 Å². The first-order valence-corrected chi connectivity index (χ1v) is 7.37. The van der Waals surface area contributed by atoms with Crippen molar-refractivity contribution in [3.05, 3.63) is 77.5 Å². The molecule has 3 rings (SSSR count). The third-order valence-electron chi connectivity index (χ3n) is 3.87. The third-order valence-corrected chi connectivity index (χ3v) is 3.87. The predicted molar refractivity (Wildman–Crippen MR) is 86.2 cm³/mol. The number of fused-ring (bicyclic) bond motifs is 1. The predicted octanol–water partition coefficient (Wildman–Crippen LogP) is 4.07. The third kappa shape index (κ3) is 3.11. The van der Waals surface area contributed by atoms with Gasteiger partial charge in [-0.15, -0.1) is 0 Å². The molecule has 0 radical (unpaired) electrons. The van der Waals surface area contributed by atoms with Crippen molar-refractivity contribution in [3.8, 4) is 0 Å². The topological polar surface area (TPSA) is 33.1 Å². The number of aliphatic hydroxyl groups is 1. The minimum atomic E-state index is -0.484. The summed E-state index contributed by atoms with van der Waals surface area (Å²) in [5.41, 5.74) is 4.38. The number of aliphatic hydroxyl groups excluding tert-OH is 1. The van der Waals surface area contributed by atoms with Crippen molar-refractivity contribution >= 4 is 10.9 Å². The molecule has 0 aliphatic rings. The first kappa shape index (κ1) is 13.8. The van der Waals surface area contributed by atoms with Gasteiger partial charge in [0, 0.05) is 18.0 Å². The molecule has 0 spiro atoms. The second-order valence-electron chi connectivity index (χ2n) is 5.35. The molecule has 2 nitrogen and oxygen atoms in total. The number of hydrogen-bond donors (Lipinski definition) is 1. The molecule has 1 heterocycles. The van der Waals surface area contributed by atoms with Crippen LogP contribution in [0.3, 0.4) is 0 Å². The van der Waals surface area contributed by atoms with Gasteiger partial charge in [0.2, 0.25) is 0 Å². The number of pyridine rings is 1. The quantitative estimate of drug-likeness (QED) is 0.779. The van der Waals surface area contributed by atoms with Gasteiger partial charge in [0.15, 0.2) is 0 Å². The van der Waals surface area contributed by atoms with Crippen LogP contribution in [0.15, 0.2) is 60.8 Å². The fourth-order valence-electron chi connectivity index (χ4n) is 2.55. The summed E-state index contributed by atoms with van der Waals surface area (Å²) < 4.78 is 0. The highest BCUT2D eigenvalue weighted by Gasteiger charge is 2.09. The maximum Gasteiger partial charge on any atom is 0.0830 e. The minimum absolute atomic E-state index is 0.484. The number of hydrogen-bond acceptors (Lipinski definition) is 2. The molecule has 0 fully saturated rings. The summed E-state index contributed by atoms with van der Waals surface area (Å²) >= 11 is 0. The lowest BCUT2D eigenvalue weighted by atomic mass is 9.99. The van der Waals surface area contributed by atoms with Crippen LogP contribution in [0.2, 0.25) is 0 Å². The van der Waals surface area contributed by atoms with Crippen molar-refractivity contribution in [2.24, 2.45) is 0 Å². The normalized spacial score (nSPS) is 12.5. The van der Waals surface area contributed by atoms with Crippen molar-refractivity contribution < 1.29 is 5.11 Å². The van der Waals surface area contributed by atoms with E-state index in [4.69, 9.17) is 0 Å². The molecule has 0 bridgehead atoms. The van der Waals surface area contributed by atoms with E-state index in [-0.39, 0.29) is 0 Å². The Morgan fingerprint density at radius 2 is 1.76 bits per heavy atom. The number of aryl methyl sites for hydroxylation is 1. The maximum atomic E-state index is 10.4. The van der Waals surface area contributed by atoms with E-state index in [1.165, 1.54) is 5.56 Å². The van der Waals surface area contributed by atoms with E-state index in [0.717, 1.165) is 28.5 Å². The first-order chi connectivity index (χ1) is 10.3. The second kappa shape index (κ2) is 6.06. The van der Waals surface area contributed by atoms with Crippen molar-refractivity contribution in [2.45, 2.75) is 25.9 Å². The van der Waals surface area contributed by atoms with Gasteiger partial charge in [-0.3, -0.25) is 4.98 Å². The Bertz CT molecular complexity index is 734. The number of aromatic nitrogens is 1. The molecule has 3 aromatic rings. The van der Waals surface area contributed by atoms with Crippen molar-refractivity contribution in [1.29, 1.82) is 0 Å². The Balaban J connectivity index is 1.80. The van der Waals surface area contributed by atoms with Gasteiger partial charge in [-0.1, -0.05) is 43.3 Å². The molecule has 1 N–H and O–H groups in total. The molecule has 0 saturated heterocycles. The van der Waals surface area contributed by atoms with Crippen molar-refractivity contribution in [3.63, 3.8) is 0 Å². The molecular formula is C19H19NO. The van der Waals surface area contributed by atoms with Crippen LogP contribution in [-0.2, 0) is 12.8 Å². The number of nitrogens with zero attached hydrogens (tertiary/aromatic N) is 1. The molecule has 0 saturated carbocycles. The van der Waals surface area contributed by atoms with Crippen molar-refractivity contribution in [1.82, 2.24) is 4.98 Å². The summed E-state index contributed by atoms with van der Waals surface area (Å²) in [5.74, 6) is 0. The number of benzene rings is 2. The van der Waals surface area contributed by atoms with E-state index < -0.39 is 6.10 Å². The summed E-state index contributed by atoms with van der Waals surface area (Å²) in [6, 6.07) is 18.4. The average molecular weight is 277 g/mol. The van der Waals surface area contributed by atoms with Gasteiger partial charge >= 0.3 is 0 Å². The molecule has 0 amide bonds. The van der Waals surface area contributed by atoms with Gasteiger partial charge in [-0.05, 0) is 41.3 Å². The van der Waals surface area contributed by atoms with Crippen LogP contribution < -0.4 is 0 Å². The number of rotatable bonds is 4. The van der Waals surface area contributed by atoms with Crippen LogP contribution >= 0.6 is 0 Å². The van der Waals surface area contributed by atoms with Gasteiger partial charge in [0.05, 0.1) is 11.6 Å². The Kier molecular flexibility index (Phi) is 3.98. The molecule has 2 aromatic carbocycles. The molecule has 106 valence electrons. The van der Waals surface area contributed by atoms with Crippen LogP contribution in [0.5, 0.6) is 0 Å². The molecule has 0 aliphatic carbocycles. The fourth-order valence-corrected chi connectivity index (χ4v) is 2.55. The summed E-state index contributed by atoms with van der Waals surface area (Å²) in [5, 5.41) is 11.5.